The van der Waals surface area contributed by atoms with Crippen LogP contribution >= 0.6 is 0 Å². The lowest BCUT2D eigenvalue weighted by Gasteiger charge is -2.01. The van der Waals surface area contributed by atoms with Crippen LogP contribution in [0.25, 0.3) is 0 Å². The number of hydrogen-bond donors (Lipinski definition) is 2. The number of carboxylic acid groups (broad SMARTS) is 2. The van der Waals surface area contributed by atoms with E-state index in [9.17, 15) is 9.59 Å². The molecule has 24 heavy (non-hydrogen) atoms. The van der Waals surface area contributed by atoms with Crippen LogP contribution in [0.5, 0.6) is 0 Å². The molecule has 0 amide bonds. The number of ether oxygens (including phenoxy) is 2. The molecule has 0 aromatic heterocycles. The highest BCUT2D eigenvalue weighted by Gasteiger charge is 1.96. The van der Waals surface area contributed by atoms with Crippen LogP contribution in [0, 0.1) is 0 Å². The second-order valence-electron chi connectivity index (χ2n) is 5.81. The Kier molecular flexibility index (Phi) is 16.4. The Morgan fingerprint density at radius 3 is 1.29 bits per heavy atom. The van der Waals surface area contributed by atoms with E-state index in [1.165, 1.54) is 25.7 Å². The Labute approximate surface area is 144 Å². The molecule has 0 aromatic rings. The average Bonchev–Trinajstić information content (AvgIpc) is 2.53. The van der Waals surface area contributed by atoms with Crippen molar-refractivity contribution in [3.05, 3.63) is 12.2 Å². The van der Waals surface area contributed by atoms with Gasteiger partial charge in [0.2, 0.25) is 0 Å². The highest BCUT2D eigenvalue weighted by Crippen LogP contribution is 2.08. The van der Waals surface area contributed by atoms with E-state index in [2.05, 4.69) is 21.6 Å². The molecule has 6 nitrogen and oxygen atoms in total. The molecule has 0 heterocycles. The summed E-state index contributed by atoms with van der Waals surface area (Å²) in [6.45, 7) is 0.615. The molecule has 140 valence electrons. The van der Waals surface area contributed by atoms with Gasteiger partial charge in [-0.15, -0.1) is 0 Å². The topological polar surface area (TPSA) is 93.1 Å². The third-order valence-electron chi connectivity index (χ3n) is 3.65. The summed E-state index contributed by atoms with van der Waals surface area (Å²) >= 11 is 0. The van der Waals surface area contributed by atoms with Gasteiger partial charge in [-0.1, -0.05) is 50.7 Å². The first-order valence-corrected chi connectivity index (χ1v) is 8.99. The van der Waals surface area contributed by atoms with Crippen LogP contribution in [0.15, 0.2) is 12.2 Å². The van der Waals surface area contributed by atoms with Crippen LogP contribution < -0.4 is 0 Å². The summed E-state index contributed by atoms with van der Waals surface area (Å²) in [4.78, 5) is 20.3. The Morgan fingerprint density at radius 2 is 0.917 bits per heavy atom. The van der Waals surface area contributed by atoms with E-state index < -0.39 is 12.3 Å². The van der Waals surface area contributed by atoms with Gasteiger partial charge in [-0.05, 0) is 38.5 Å². The summed E-state index contributed by atoms with van der Waals surface area (Å²) in [5.74, 6) is 0. The molecule has 0 saturated carbocycles. The Balaban J connectivity index is 3.11. The average molecular weight is 344 g/mol. The van der Waals surface area contributed by atoms with Gasteiger partial charge in [0.15, 0.2) is 0 Å². The molecule has 0 aliphatic heterocycles. The van der Waals surface area contributed by atoms with E-state index in [1.807, 2.05) is 0 Å². The van der Waals surface area contributed by atoms with Crippen LogP contribution in [-0.4, -0.2) is 35.7 Å². The molecule has 0 spiro atoms. The van der Waals surface area contributed by atoms with E-state index in [0.717, 1.165) is 51.4 Å². The van der Waals surface area contributed by atoms with Gasteiger partial charge in [0.1, 0.15) is 0 Å². The third-order valence-corrected chi connectivity index (χ3v) is 3.65. The molecule has 0 unspecified atom stereocenters. The predicted octanol–water partition coefficient (Wildman–Crippen LogP) is 5.61. The largest absolute Gasteiger partial charge is 0.505 e. The monoisotopic (exact) mass is 344 g/mol. The minimum atomic E-state index is -1.19. The maximum absolute atomic E-state index is 10.1. The van der Waals surface area contributed by atoms with Gasteiger partial charge in [0, 0.05) is 0 Å². The highest BCUT2D eigenvalue weighted by atomic mass is 16.7. The Bertz CT molecular complexity index is 308. The zero-order chi connectivity index (χ0) is 17.9. The van der Waals surface area contributed by atoms with E-state index in [1.54, 1.807) is 0 Å². The smallest absolute Gasteiger partial charge is 0.450 e. The Morgan fingerprint density at radius 1 is 0.583 bits per heavy atom. The van der Waals surface area contributed by atoms with E-state index >= 15 is 0 Å². The summed E-state index contributed by atoms with van der Waals surface area (Å²) in [7, 11) is 0. The number of allylic oxidation sites excluding steroid dienone is 2. The molecule has 0 bridgehead atoms. The molecule has 0 saturated heterocycles. The fourth-order valence-corrected chi connectivity index (χ4v) is 2.34. The molecule has 0 rings (SSSR count). The van der Waals surface area contributed by atoms with Crippen LogP contribution in [0.1, 0.15) is 77.0 Å². The number of hydrogen-bond acceptors (Lipinski definition) is 4. The van der Waals surface area contributed by atoms with Crippen molar-refractivity contribution in [1.29, 1.82) is 0 Å². The Hall–Kier alpha value is -1.72. The first kappa shape index (κ1) is 22.3. The molecular weight excluding hydrogens is 312 g/mol. The van der Waals surface area contributed by atoms with Crippen LogP contribution in [-0.2, 0) is 9.47 Å². The van der Waals surface area contributed by atoms with Gasteiger partial charge in [-0.3, -0.25) is 0 Å². The fourth-order valence-electron chi connectivity index (χ4n) is 2.34. The van der Waals surface area contributed by atoms with Crippen molar-refractivity contribution in [2.24, 2.45) is 0 Å². The summed E-state index contributed by atoms with van der Waals surface area (Å²) < 4.78 is 8.89. The van der Waals surface area contributed by atoms with E-state index in [4.69, 9.17) is 10.2 Å². The van der Waals surface area contributed by atoms with Crippen LogP contribution in [0.2, 0.25) is 0 Å². The zero-order valence-corrected chi connectivity index (χ0v) is 14.6. The second kappa shape index (κ2) is 17.6. The normalized spacial score (nSPS) is 10.8. The lowest BCUT2D eigenvalue weighted by atomic mass is 10.1. The number of unbranched alkanes of at least 4 members (excludes halogenated alkanes) is 10. The molecule has 2 N–H and O–H groups in total. The van der Waals surface area contributed by atoms with Gasteiger partial charge >= 0.3 is 12.3 Å². The van der Waals surface area contributed by atoms with Crippen molar-refractivity contribution >= 4 is 12.3 Å². The number of carbonyl (C=O) groups is 2. The quantitative estimate of drug-likeness (QED) is 0.215. The van der Waals surface area contributed by atoms with Crippen molar-refractivity contribution < 1.29 is 29.3 Å². The summed E-state index contributed by atoms with van der Waals surface area (Å²) in [6, 6.07) is 0. The maximum atomic E-state index is 10.1. The van der Waals surface area contributed by atoms with Gasteiger partial charge in [0.05, 0.1) is 13.2 Å². The first-order chi connectivity index (χ1) is 11.6. The zero-order valence-electron chi connectivity index (χ0n) is 14.6. The minimum absolute atomic E-state index is 0.307. The molecule has 0 aliphatic rings. The van der Waals surface area contributed by atoms with Crippen molar-refractivity contribution in [1.82, 2.24) is 0 Å². The van der Waals surface area contributed by atoms with Crippen molar-refractivity contribution in [2.75, 3.05) is 13.2 Å². The molecule has 0 atom stereocenters. The lowest BCUT2D eigenvalue weighted by molar-refractivity contribution is 0.0887. The van der Waals surface area contributed by atoms with E-state index in [-0.39, 0.29) is 0 Å². The minimum Gasteiger partial charge on any atom is -0.450 e. The predicted molar refractivity (Wildman–Crippen MR) is 92.5 cm³/mol. The maximum Gasteiger partial charge on any atom is 0.505 e. The molecule has 0 aliphatic carbocycles. The van der Waals surface area contributed by atoms with Gasteiger partial charge in [0.25, 0.3) is 0 Å². The lowest BCUT2D eigenvalue weighted by Crippen LogP contribution is -2.01. The van der Waals surface area contributed by atoms with Crippen molar-refractivity contribution in [3.8, 4) is 0 Å². The van der Waals surface area contributed by atoms with E-state index in [0.29, 0.717) is 13.2 Å². The summed E-state index contributed by atoms with van der Waals surface area (Å²) in [5, 5.41) is 16.6. The molecule has 0 fully saturated rings. The van der Waals surface area contributed by atoms with Gasteiger partial charge in [-0.25, -0.2) is 9.59 Å². The van der Waals surface area contributed by atoms with Crippen molar-refractivity contribution in [3.63, 3.8) is 0 Å². The third kappa shape index (κ3) is 20.3. The van der Waals surface area contributed by atoms with Gasteiger partial charge in [-0.2, -0.15) is 0 Å². The fraction of sp³-hybridized carbons (Fsp3) is 0.778. The summed E-state index contributed by atoms with van der Waals surface area (Å²) in [6.07, 6.45) is 15.0. The second-order valence-corrected chi connectivity index (χ2v) is 5.81. The molecule has 6 heteroatoms. The first-order valence-electron chi connectivity index (χ1n) is 8.99. The van der Waals surface area contributed by atoms with Crippen LogP contribution in [0.3, 0.4) is 0 Å². The van der Waals surface area contributed by atoms with Crippen molar-refractivity contribution in [2.45, 2.75) is 77.0 Å². The molecular formula is C18H32O6. The summed E-state index contributed by atoms with van der Waals surface area (Å²) in [5.41, 5.74) is 0. The molecule has 0 radical (unpaired) electrons. The molecule has 0 aromatic carbocycles. The number of rotatable bonds is 16. The SMILES string of the molecule is O=C(O)OCCCCCCC/C=C/CCCCCCCOC(=O)O. The standard InChI is InChI=1S/C18H32O6/c19-17(20)23-15-13-11-9-7-5-3-1-2-4-6-8-10-12-14-16-24-18(21)22/h1-2H,3-16H2,(H,19,20)(H,21,22)/b2-1+. The van der Waals surface area contributed by atoms with Crippen LogP contribution in [0.4, 0.5) is 9.59 Å². The van der Waals surface area contributed by atoms with Gasteiger partial charge < -0.3 is 19.7 Å². The highest BCUT2D eigenvalue weighted by molar-refractivity contribution is 5.56.